The minimum atomic E-state index is -0.562. The van der Waals surface area contributed by atoms with Gasteiger partial charge in [-0.25, -0.2) is 9.59 Å². The molecule has 1 aromatic heterocycles. The molecule has 0 saturated heterocycles. The van der Waals surface area contributed by atoms with Gasteiger partial charge in [0.05, 0.1) is 0 Å². The highest BCUT2D eigenvalue weighted by Crippen LogP contribution is 2.33. The van der Waals surface area contributed by atoms with Crippen LogP contribution in [0, 0.1) is 6.92 Å². The zero-order valence-electron chi connectivity index (χ0n) is 20.8. The molecule has 0 unspecified atom stereocenters. The van der Waals surface area contributed by atoms with E-state index in [-0.39, 0.29) is 6.61 Å². The number of hydrogen-bond donors (Lipinski definition) is 0. The van der Waals surface area contributed by atoms with Crippen LogP contribution in [0.4, 0.5) is 0 Å². The molecule has 0 radical (unpaired) electrons. The lowest BCUT2D eigenvalue weighted by atomic mass is 10.0. The number of carbonyl (C=O) groups excluding carboxylic acids is 1. The average molecular weight is 557 g/mol. The Bertz CT molecular complexity index is 1720. The lowest BCUT2D eigenvalue weighted by Crippen LogP contribution is -2.06. The van der Waals surface area contributed by atoms with Crippen LogP contribution in [0.2, 0.25) is 10.0 Å². The van der Waals surface area contributed by atoms with Gasteiger partial charge in [0, 0.05) is 38.7 Å². The van der Waals surface area contributed by atoms with E-state index in [9.17, 15) is 9.59 Å². The van der Waals surface area contributed by atoms with E-state index in [2.05, 4.69) is 0 Å². The van der Waals surface area contributed by atoms with E-state index < -0.39 is 11.6 Å². The summed E-state index contributed by atoms with van der Waals surface area (Å²) in [7, 11) is 0. The van der Waals surface area contributed by atoms with Crippen LogP contribution in [0.1, 0.15) is 16.7 Å². The Morgan fingerprint density at radius 2 is 1.62 bits per heavy atom. The van der Waals surface area contributed by atoms with Crippen molar-refractivity contribution in [1.82, 2.24) is 0 Å². The second-order valence-corrected chi connectivity index (χ2v) is 9.54. The maximum atomic E-state index is 12.6. The number of aryl methyl sites for hydroxylation is 1. The molecule has 4 aromatic carbocycles. The maximum Gasteiger partial charge on any atom is 0.336 e. The van der Waals surface area contributed by atoms with Crippen molar-refractivity contribution in [2.24, 2.45) is 0 Å². The molecule has 7 heteroatoms. The molecule has 5 aromatic rings. The molecular formula is C32H22Cl2O5. The average Bonchev–Trinajstić information content (AvgIpc) is 2.94. The van der Waals surface area contributed by atoms with E-state index in [1.165, 1.54) is 12.1 Å². The van der Waals surface area contributed by atoms with Crippen molar-refractivity contribution in [2.45, 2.75) is 13.5 Å². The number of esters is 1. The summed E-state index contributed by atoms with van der Waals surface area (Å²) >= 11 is 12.4. The van der Waals surface area contributed by atoms with Gasteiger partial charge in [-0.05, 0) is 66.1 Å². The first-order chi connectivity index (χ1) is 18.9. The predicted molar refractivity (Wildman–Crippen MR) is 155 cm³/mol. The Labute approximate surface area is 234 Å². The van der Waals surface area contributed by atoms with Crippen molar-refractivity contribution in [3.8, 4) is 22.6 Å². The van der Waals surface area contributed by atoms with Gasteiger partial charge in [0.25, 0.3) is 0 Å². The van der Waals surface area contributed by atoms with Crippen LogP contribution < -0.4 is 15.1 Å². The SMILES string of the molecule is Cc1c(OC(=O)/C=C/c2ccc(OCc3c(Cl)cccc3Cl)cc2)ccc2c(-c3ccccc3)cc(=O)oc12. The molecule has 0 bridgehead atoms. The topological polar surface area (TPSA) is 65.7 Å². The molecule has 1 heterocycles. The van der Waals surface area contributed by atoms with E-state index in [4.69, 9.17) is 37.1 Å². The van der Waals surface area contributed by atoms with Crippen molar-refractivity contribution in [3.63, 3.8) is 0 Å². The van der Waals surface area contributed by atoms with Crippen LogP contribution in [0.15, 0.2) is 106 Å². The van der Waals surface area contributed by atoms with Gasteiger partial charge in [0.15, 0.2) is 0 Å². The molecule has 39 heavy (non-hydrogen) atoms. The molecule has 0 aliphatic heterocycles. The highest BCUT2D eigenvalue weighted by atomic mass is 35.5. The summed E-state index contributed by atoms with van der Waals surface area (Å²) in [5.74, 6) is 0.383. The van der Waals surface area contributed by atoms with Crippen molar-refractivity contribution < 1.29 is 18.7 Å². The Balaban J connectivity index is 1.27. The summed E-state index contributed by atoms with van der Waals surface area (Å²) in [5, 5.41) is 1.84. The molecule has 5 rings (SSSR count). The predicted octanol–water partition coefficient (Wildman–Crippen LogP) is 8.27. The van der Waals surface area contributed by atoms with Gasteiger partial charge >= 0.3 is 11.6 Å². The molecule has 0 fully saturated rings. The molecule has 5 nitrogen and oxygen atoms in total. The van der Waals surface area contributed by atoms with E-state index in [0.29, 0.717) is 38.3 Å². The molecule has 0 saturated carbocycles. The van der Waals surface area contributed by atoms with Crippen molar-refractivity contribution in [3.05, 3.63) is 134 Å². The summed E-state index contributed by atoms with van der Waals surface area (Å²) in [6.07, 6.45) is 2.97. The number of fused-ring (bicyclic) bond motifs is 1. The molecular weight excluding hydrogens is 535 g/mol. The summed E-state index contributed by atoms with van der Waals surface area (Å²) in [6, 6.07) is 27.0. The highest BCUT2D eigenvalue weighted by Gasteiger charge is 2.14. The van der Waals surface area contributed by atoms with Crippen LogP contribution >= 0.6 is 23.2 Å². The molecule has 0 spiro atoms. The second kappa shape index (κ2) is 11.6. The third kappa shape index (κ3) is 6.06. The van der Waals surface area contributed by atoms with Crippen LogP contribution in [0.25, 0.3) is 28.2 Å². The first-order valence-corrected chi connectivity index (χ1v) is 12.8. The van der Waals surface area contributed by atoms with E-state index in [1.807, 2.05) is 42.5 Å². The van der Waals surface area contributed by atoms with Crippen molar-refractivity contribution >= 4 is 46.2 Å². The third-order valence-corrected chi connectivity index (χ3v) is 6.85. The van der Waals surface area contributed by atoms with E-state index in [1.54, 1.807) is 55.5 Å². The van der Waals surface area contributed by atoms with Crippen LogP contribution in [0.5, 0.6) is 11.5 Å². The third-order valence-electron chi connectivity index (χ3n) is 6.14. The quantitative estimate of drug-likeness (QED) is 0.0872. The Morgan fingerprint density at radius 3 is 2.33 bits per heavy atom. The Hall–Kier alpha value is -4.32. The number of benzene rings is 4. The lowest BCUT2D eigenvalue weighted by Gasteiger charge is -2.11. The first kappa shape index (κ1) is 26.3. The van der Waals surface area contributed by atoms with Gasteiger partial charge in [0.2, 0.25) is 0 Å². The Kier molecular flexibility index (Phi) is 7.82. The van der Waals surface area contributed by atoms with Gasteiger partial charge in [0.1, 0.15) is 23.7 Å². The van der Waals surface area contributed by atoms with Crippen LogP contribution in [0.3, 0.4) is 0 Å². The number of hydrogen-bond acceptors (Lipinski definition) is 5. The van der Waals surface area contributed by atoms with Crippen LogP contribution in [-0.2, 0) is 11.4 Å². The van der Waals surface area contributed by atoms with E-state index >= 15 is 0 Å². The van der Waals surface area contributed by atoms with Gasteiger partial charge in [-0.1, -0.05) is 71.7 Å². The summed E-state index contributed by atoms with van der Waals surface area (Å²) < 4.78 is 16.8. The molecule has 0 N–H and O–H groups in total. The van der Waals surface area contributed by atoms with Crippen molar-refractivity contribution in [2.75, 3.05) is 0 Å². The normalized spacial score (nSPS) is 11.2. The van der Waals surface area contributed by atoms with Gasteiger partial charge < -0.3 is 13.9 Å². The molecule has 0 aliphatic carbocycles. The molecule has 0 amide bonds. The summed E-state index contributed by atoms with van der Waals surface area (Å²) in [5.41, 5.74) is 3.61. The first-order valence-electron chi connectivity index (χ1n) is 12.1. The summed E-state index contributed by atoms with van der Waals surface area (Å²) in [4.78, 5) is 24.9. The zero-order chi connectivity index (χ0) is 27.4. The smallest absolute Gasteiger partial charge is 0.336 e. The number of ether oxygens (including phenoxy) is 2. The second-order valence-electron chi connectivity index (χ2n) is 8.72. The summed E-state index contributed by atoms with van der Waals surface area (Å²) in [6.45, 7) is 1.99. The monoisotopic (exact) mass is 556 g/mol. The Morgan fingerprint density at radius 1 is 0.897 bits per heavy atom. The zero-order valence-corrected chi connectivity index (χ0v) is 22.3. The standard InChI is InChI=1S/C32H22Cl2O5/c1-20-29(16-15-24-25(18-31(36)39-32(20)24)22-6-3-2-4-7-22)38-30(35)17-12-21-10-13-23(14-11-21)37-19-26-27(33)8-5-9-28(26)34/h2-18H,19H2,1H3/b17-12+. The fourth-order valence-corrected chi connectivity index (χ4v) is 4.62. The minimum Gasteiger partial charge on any atom is -0.489 e. The van der Waals surface area contributed by atoms with E-state index in [0.717, 1.165) is 22.1 Å². The number of halogens is 2. The highest BCUT2D eigenvalue weighted by molar-refractivity contribution is 6.35. The number of rotatable bonds is 7. The van der Waals surface area contributed by atoms with Gasteiger partial charge in [-0.15, -0.1) is 0 Å². The lowest BCUT2D eigenvalue weighted by molar-refractivity contribution is -0.128. The van der Waals surface area contributed by atoms with Crippen molar-refractivity contribution in [1.29, 1.82) is 0 Å². The number of carbonyl (C=O) groups is 1. The molecule has 194 valence electrons. The van der Waals surface area contributed by atoms with Gasteiger partial charge in [-0.2, -0.15) is 0 Å². The maximum absolute atomic E-state index is 12.6. The fourth-order valence-electron chi connectivity index (χ4n) is 4.12. The fraction of sp³-hybridized carbons (Fsp3) is 0.0625. The largest absolute Gasteiger partial charge is 0.489 e. The molecule has 0 atom stereocenters. The van der Waals surface area contributed by atoms with Gasteiger partial charge in [-0.3, -0.25) is 0 Å². The minimum absolute atomic E-state index is 0.234. The van der Waals surface area contributed by atoms with Crippen LogP contribution in [-0.4, -0.2) is 5.97 Å². The molecule has 0 aliphatic rings.